The molecule has 0 bridgehead atoms. The summed E-state index contributed by atoms with van der Waals surface area (Å²) in [6.45, 7) is 11.0. The fourth-order valence-electron chi connectivity index (χ4n) is 3.29. The highest BCUT2D eigenvalue weighted by molar-refractivity contribution is 4.89. The highest BCUT2D eigenvalue weighted by Gasteiger charge is 2.33. The molecule has 0 aromatic carbocycles. The standard InChI is InChI=1S/C15H30N2/c1-12(2)9-13(3)17(15-6-7-15)11-14-5-4-8-16-10-14/h12-16H,4-11H2,1-3H3. The van der Waals surface area contributed by atoms with Crippen molar-refractivity contribution in [2.45, 2.75) is 65.0 Å². The Morgan fingerprint density at radius 3 is 2.47 bits per heavy atom. The minimum absolute atomic E-state index is 0.782. The first-order valence-electron chi connectivity index (χ1n) is 7.63. The van der Waals surface area contributed by atoms with Crippen LogP contribution >= 0.6 is 0 Å². The molecule has 0 amide bonds. The Morgan fingerprint density at radius 2 is 1.94 bits per heavy atom. The van der Waals surface area contributed by atoms with Crippen molar-refractivity contribution in [2.75, 3.05) is 19.6 Å². The fourth-order valence-corrected chi connectivity index (χ4v) is 3.29. The Bertz CT molecular complexity index is 217. The second kappa shape index (κ2) is 6.19. The minimum atomic E-state index is 0.782. The zero-order valence-corrected chi connectivity index (χ0v) is 11.9. The number of piperidine rings is 1. The molecule has 1 saturated heterocycles. The Hall–Kier alpha value is -0.0800. The highest BCUT2D eigenvalue weighted by atomic mass is 15.2. The van der Waals surface area contributed by atoms with Gasteiger partial charge in [-0.25, -0.2) is 0 Å². The van der Waals surface area contributed by atoms with Crippen LogP contribution in [0.1, 0.15) is 52.9 Å². The first-order valence-corrected chi connectivity index (χ1v) is 7.63. The van der Waals surface area contributed by atoms with E-state index in [4.69, 9.17) is 0 Å². The van der Waals surface area contributed by atoms with Gasteiger partial charge in [-0.1, -0.05) is 13.8 Å². The second-order valence-electron chi connectivity index (χ2n) is 6.62. The molecule has 0 aromatic heterocycles. The third-order valence-electron chi connectivity index (χ3n) is 4.26. The largest absolute Gasteiger partial charge is 0.316 e. The summed E-state index contributed by atoms with van der Waals surface area (Å²) in [5.74, 6) is 1.73. The lowest BCUT2D eigenvalue weighted by molar-refractivity contribution is 0.139. The van der Waals surface area contributed by atoms with E-state index in [-0.39, 0.29) is 0 Å². The van der Waals surface area contributed by atoms with Crippen LogP contribution in [0.15, 0.2) is 0 Å². The molecule has 1 aliphatic heterocycles. The molecule has 2 fully saturated rings. The predicted molar refractivity (Wildman–Crippen MR) is 74.2 cm³/mol. The zero-order valence-electron chi connectivity index (χ0n) is 11.9. The summed E-state index contributed by atoms with van der Waals surface area (Å²) in [7, 11) is 0. The van der Waals surface area contributed by atoms with E-state index in [1.54, 1.807) is 0 Å². The number of hydrogen-bond donors (Lipinski definition) is 1. The molecule has 2 rings (SSSR count). The van der Waals surface area contributed by atoms with Gasteiger partial charge < -0.3 is 5.32 Å². The van der Waals surface area contributed by atoms with Gasteiger partial charge in [0, 0.05) is 18.6 Å². The molecule has 1 aliphatic carbocycles. The van der Waals surface area contributed by atoms with Gasteiger partial charge in [0.05, 0.1) is 0 Å². The molecule has 17 heavy (non-hydrogen) atoms. The van der Waals surface area contributed by atoms with Crippen LogP contribution in [0.5, 0.6) is 0 Å². The highest BCUT2D eigenvalue weighted by Crippen LogP contribution is 2.31. The molecule has 2 aliphatic rings. The third-order valence-corrected chi connectivity index (χ3v) is 4.26. The van der Waals surface area contributed by atoms with E-state index in [0.717, 1.165) is 23.9 Å². The minimum Gasteiger partial charge on any atom is -0.316 e. The van der Waals surface area contributed by atoms with E-state index in [1.807, 2.05) is 0 Å². The smallest absolute Gasteiger partial charge is 0.00993 e. The summed E-state index contributed by atoms with van der Waals surface area (Å²) in [5, 5.41) is 3.55. The van der Waals surface area contributed by atoms with Crippen molar-refractivity contribution in [3.63, 3.8) is 0 Å². The van der Waals surface area contributed by atoms with Gasteiger partial charge in [-0.15, -0.1) is 0 Å². The molecule has 2 unspecified atom stereocenters. The lowest BCUT2D eigenvalue weighted by Gasteiger charge is -2.35. The van der Waals surface area contributed by atoms with Crippen molar-refractivity contribution in [3.05, 3.63) is 0 Å². The second-order valence-corrected chi connectivity index (χ2v) is 6.62. The van der Waals surface area contributed by atoms with Gasteiger partial charge in [-0.2, -0.15) is 0 Å². The van der Waals surface area contributed by atoms with Gasteiger partial charge in [-0.05, 0) is 64.0 Å². The molecule has 0 aromatic rings. The molecule has 2 heteroatoms. The van der Waals surface area contributed by atoms with E-state index in [2.05, 4.69) is 31.0 Å². The Morgan fingerprint density at radius 1 is 1.18 bits per heavy atom. The lowest BCUT2D eigenvalue weighted by Crippen LogP contribution is -2.43. The van der Waals surface area contributed by atoms with Crippen LogP contribution < -0.4 is 5.32 Å². The van der Waals surface area contributed by atoms with Crippen LogP contribution in [0.2, 0.25) is 0 Å². The maximum atomic E-state index is 3.55. The zero-order chi connectivity index (χ0) is 12.3. The summed E-state index contributed by atoms with van der Waals surface area (Å²) in [6, 6.07) is 1.70. The number of hydrogen-bond acceptors (Lipinski definition) is 2. The Labute approximate surface area is 107 Å². The van der Waals surface area contributed by atoms with Gasteiger partial charge >= 0.3 is 0 Å². The van der Waals surface area contributed by atoms with Gasteiger partial charge in [0.25, 0.3) is 0 Å². The maximum absolute atomic E-state index is 3.55. The van der Waals surface area contributed by atoms with Crippen LogP contribution in [-0.4, -0.2) is 36.6 Å². The Kier molecular flexibility index (Phi) is 4.87. The average Bonchev–Trinajstić information content (AvgIpc) is 3.10. The van der Waals surface area contributed by atoms with Crippen molar-refractivity contribution >= 4 is 0 Å². The fraction of sp³-hybridized carbons (Fsp3) is 1.00. The van der Waals surface area contributed by atoms with Gasteiger partial charge in [0.2, 0.25) is 0 Å². The number of nitrogens with zero attached hydrogens (tertiary/aromatic N) is 1. The summed E-state index contributed by atoms with van der Waals surface area (Å²) in [6.07, 6.45) is 7.06. The van der Waals surface area contributed by atoms with E-state index in [9.17, 15) is 0 Å². The molecular weight excluding hydrogens is 208 g/mol. The maximum Gasteiger partial charge on any atom is 0.00993 e. The van der Waals surface area contributed by atoms with Crippen LogP contribution in [0, 0.1) is 11.8 Å². The molecule has 100 valence electrons. The van der Waals surface area contributed by atoms with E-state index in [1.165, 1.54) is 51.7 Å². The van der Waals surface area contributed by atoms with Crippen molar-refractivity contribution in [1.82, 2.24) is 10.2 Å². The number of nitrogens with one attached hydrogen (secondary N) is 1. The van der Waals surface area contributed by atoms with Crippen molar-refractivity contribution < 1.29 is 0 Å². The predicted octanol–water partition coefficient (Wildman–Crippen LogP) is 2.89. The van der Waals surface area contributed by atoms with E-state index in [0.29, 0.717) is 0 Å². The summed E-state index contributed by atoms with van der Waals surface area (Å²) >= 11 is 0. The summed E-state index contributed by atoms with van der Waals surface area (Å²) < 4.78 is 0. The van der Waals surface area contributed by atoms with Gasteiger partial charge in [0.1, 0.15) is 0 Å². The molecule has 0 radical (unpaired) electrons. The molecule has 1 heterocycles. The SMILES string of the molecule is CC(C)CC(C)N(CC1CCCNC1)C1CC1. The first-order chi connectivity index (χ1) is 8.16. The Balaban J connectivity index is 1.83. The summed E-state index contributed by atoms with van der Waals surface area (Å²) in [4.78, 5) is 2.82. The summed E-state index contributed by atoms with van der Waals surface area (Å²) in [5.41, 5.74) is 0. The lowest BCUT2D eigenvalue weighted by atomic mass is 9.96. The molecule has 2 nitrogen and oxygen atoms in total. The first kappa shape index (κ1) is 13.4. The molecule has 1 N–H and O–H groups in total. The van der Waals surface area contributed by atoms with Crippen molar-refractivity contribution in [3.8, 4) is 0 Å². The average molecular weight is 238 g/mol. The molecule has 2 atom stereocenters. The topological polar surface area (TPSA) is 15.3 Å². The van der Waals surface area contributed by atoms with Crippen LogP contribution in [-0.2, 0) is 0 Å². The van der Waals surface area contributed by atoms with Crippen LogP contribution in [0.25, 0.3) is 0 Å². The van der Waals surface area contributed by atoms with Crippen molar-refractivity contribution in [1.29, 1.82) is 0 Å². The monoisotopic (exact) mass is 238 g/mol. The molecule has 0 spiro atoms. The van der Waals surface area contributed by atoms with Crippen molar-refractivity contribution in [2.24, 2.45) is 11.8 Å². The van der Waals surface area contributed by atoms with Gasteiger partial charge in [0.15, 0.2) is 0 Å². The quantitative estimate of drug-likeness (QED) is 0.765. The molecular formula is C15H30N2. The number of rotatable bonds is 6. The van der Waals surface area contributed by atoms with Crippen LogP contribution in [0.3, 0.4) is 0 Å². The molecule has 1 saturated carbocycles. The van der Waals surface area contributed by atoms with Crippen LogP contribution in [0.4, 0.5) is 0 Å². The van der Waals surface area contributed by atoms with E-state index < -0.39 is 0 Å². The van der Waals surface area contributed by atoms with Gasteiger partial charge in [-0.3, -0.25) is 4.90 Å². The van der Waals surface area contributed by atoms with E-state index >= 15 is 0 Å². The normalized spacial score (nSPS) is 27.7. The third kappa shape index (κ3) is 4.26.